The molecule has 0 unspecified atom stereocenters. The number of non-ortho nitro benzene ring substituents is 1. The van der Waals surface area contributed by atoms with Crippen molar-refractivity contribution in [2.75, 3.05) is 5.32 Å². The molecule has 0 saturated heterocycles. The van der Waals surface area contributed by atoms with Crippen LogP contribution in [0.25, 0.3) is 0 Å². The molecule has 0 aliphatic carbocycles. The fourth-order valence-electron chi connectivity index (χ4n) is 1.55. The highest BCUT2D eigenvalue weighted by molar-refractivity contribution is 6.34. The third-order valence-corrected chi connectivity index (χ3v) is 2.86. The predicted molar refractivity (Wildman–Crippen MR) is 72.5 cm³/mol. The summed E-state index contributed by atoms with van der Waals surface area (Å²) in [5.41, 5.74) is -0.391. The molecule has 0 spiro atoms. The predicted octanol–water partition coefficient (Wildman–Crippen LogP) is 3.64. The van der Waals surface area contributed by atoms with Crippen molar-refractivity contribution in [2.45, 2.75) is 0 Å². The first-order valence-corrected chi connectivity index (χ1v) is 5.86. The zero-order chi connectivity index (χ0) is 14.7. The minimum atomic E-state index is -0.719. The lowest BCUT2D eigenvalue weighted by Gasteiger charge is -2.07. The van der Waals surface area contributed by atoms with Gasteiger partial charge >= 0.3 is 0 Å². The Bertz CT molecular complexity index is 691. The average Bonchev–Trinajstić information content (AvgIpc) is 2.41. The van der Waals surface area contributed by atoms with Gasteiger partial charge in [-0.1, -0.05) is 23.7 Å². The number of carbonyl (C=O) groups excluding carboxylic acids is 1. The zero-order valence-electron chi connectivity index (χ0n) is 9.97. The second-order valence-electron chi connectivity index (χ2n) is 3.86. The number of carbonyl (C=O) groups is 1. The molecule has 0 fully saturated rings. The molecule has 0 aliphatic rings. The van der Waals surface area contributed by atoms with E-state index < -0.39 is 16.6 Å². The smallest absolute Gasteiger partial charge is 0.270 e. The van der Waals surface area contributed by atoms with Gasteiger partial charge in [-0.15, -0.1) is 0 Å². The Balaban J connectivity index is 2.32. The molecule has 2 aromatic carbocycles. The Morgan fingerprint density at radius 2 is 1.95 bits per heavy atom. The zero-order valence-corrected chi connectivity index (χ0v) is 10.7. The van der Waals surface area contributed by atoms with E-state index in [4.69, 9.17) is 11.6 Å². The molecule has 7 heteroatoms. The maximum atomic E-state index is 13.4. The van der Waals surface area contributed by atoms with Crippen LogP contribution in [-0.2, 0) is 0 Å². The number of hydrogen-bond acceptors (Lipinski definition) is 3. The summed E-state index contributed by atoms with van der Waals surface area (Å²) < 4.78 is 13.4. The molecule has 102 valence electrons. The number of anilines is 1. The number of halogens is 2. The maximum Gasteiger partial charge on any atom is 0.270 e. The third-order valence-electron chi connectivity index (χ3n) is 2.53. The minimum Gasteiger partial charge on any atom is -0.319 e. The third kappa shape index (κ3) is 2.92. The SMILES string of the molecule is O=C(Nc1ccccc1F)c1cc([N+](=O)[O-])ccc1Cl. The van der Waals surface area contributed by atoms with Gasteiger partial charge in [0.2, 0.25) is 0 Å². The minimum absolute atomic E-state index is 0.0277. The first-order chi connectivity index (χ1) is 9.49. The van der Waals surface area contributed by atoms with E-state index in [2.05, 4.69) is 5.32 Å². The second-order valence-corrected chi connectivity index (χ2v) is 4.26. The first kappa shape index (κ1) is 14.0. The molecule has 1 amide bonds. The molecular weight excluding hydrogens is 287 g/mol. The van der Waals surface area contributed by atoms with Crippen LogP contribution in [0.5, 0.6) is 0 Å². The van der Waals surface area contributed by atoms with Crippen LogP contribution in [0.1, 0.15) is 10.4 Å². The number of benzene rings is 2. The fourth-order valence-corrected chi connectivity index (χ4v) is 1.76. The monoisotopic (exact) mass is 294 g/mol. The summed E-state index contributed by atoms with van der Waals surface area (Å²) in [6, 6.07) is 9.05. The van der Waals surface area contributed by atoms with Gasteiger partial charge in [-0.3, -0.25) is 14.9 Å². The molecule has 0 atom stereocenters. The quantitative estimate of drug-likeness (QED) is 0.694. The number of nitro groups is 1. The largest absolute Gasteiger partial charge is 0.319 e. The van der Waals surface area contributed by atoms with Crippen molar-refractivity contribution >= 4 is 28.9 Å². The van der Waals surface area contributed by atoms with Crippen molar-refractivity contribution in [1.29, 1.82) is 0 Å². The van der Waals surface area contributed by atoms with Crippen LogP contribution in [0, 0.1) is 15.9 Å². The van der Waals surface area contributed by atoms with Crippen LogP contribution in [-0.4, -0.2) is 10.8 Å². The molecule has 0 aromatic heterocycles. The topological polar surface area (TPSA) is 72.2 Å². The van der Waals surface area contributed by atoms with Crippen molar-refractivity contribution in [3.8, 4) is 0 Å². The number of nitrogens with zero attached hydrogens (tertiary/aromatic N) is 1. The van der Waals surface area contributed by atoms with E-state index in [1.807, 2.05) is 0 Å². The van der Waals surface area contributed by atoms with E-state index in [0.717, 1.165) is 6.07 Å². The standard InChI is InChI=1S/C13H8ClFN2O3/c14-10-6-5-8(17(19)20)7-9(10)13(18)16-12-4-2-1-3-11(12)15/h1-7H,(H,16,18). The van der Waals surface area contributed by atoms with Crippen LogP contribution in [0.4, 0.5) is 15.8 Å². The number of hydrogen-bond donors (Lipinski definition) is 1. The van der Waals surface area contributed by atoms with Crippen molar-refractivity contribution < 1.29 is 14.1 Å². The highest BCUT2D eigenvalue weighted by Gasteiger charge is 2.16. The lowest BCUT2D eigenvalue weighted by molar-refractivity contribution is -0.384. The summed E-state index contributed by atoms with van der Waals surface area (Å²) in [5, 5.41) is 13.0. The molecule has 0 aliphatic heterocycles. The van der Waals surface area contributed by atoms with E-state index >= 15 is 0 Å². The van der Waals surface area contributed by atoms with Gasteiger partial charge in [-0.05, 0) is 18.2 Å². The summed E-state index contributed by atoms with van der Waals surface area (Å²) in [5.74, 6) is -1.33. The number of amides is 1. The van der Waals surface area contributed by atoms with Crippen LogP contribution in [0.3, 0.4) is 0 Å². The van der Waals surface area contributed by atoms with Gasteiger partial charge in [0.05, 0.1) is 21.2 Å². The van der Waals surface area contributed by atoms with Crippen molar-refractivity contribution in [3.63, 3.8) is 0 Å². The van der Waals surface area contributed by atoms with Crippen molar-refractivity contribution in [3.05, 3.63) is 69.0 Å². The van der Waals surface area contributed by atoms with E-state index in [1.54, 1.807) is 6.07 Å². The Kier molecular flexibility index (Phi) is 3.95. The highest BCUT2D eigenvalue weighted by atomic mass is 35.5. The van der Waals surface area contributed by atoms with Crippen LogP contribution < -0.4 is 5.32 Å². The Morgan fingerprint density at radius 3 is 2.60 bits per heavy atom. The Hall–Kier alpha value is -2.47. The molecule has 2 rings (SSSR count). The summed E-state index contributed by atoms with van der Waals surface area (Å²) in [6.07, 6.45) is 0. The molecule has 0 bridgehead atoms. The summed E-state index contributed by atoms with van der Waals surface area (Å²) in [7, 11) is 0. The molecule has 2 aromatic rings. The molecule has 1 N–H and O–H groups in total. The molecule has 0 saturated carbocycles. The lowest BCUT2D eigenvalue weighted by Crippen LogP contribution is -2.13. The van der Waals surface area contributed by atoms with Gasteiger partial charge in [0.25, 0.3) is 11.6 Å². The normalized spacial score (nSPS) is 10.1. The summed E-state index contributed by atoms with van der Waals surface area (Å²) in [4.78, 5) is 22.0. The molecule has 20 heavy (non-hydrogen) atoms. The van der Waals surface area contributed by atoms with Gasteiger partial charge in [0, 0.05) is 12.1 Å². The van der Waals surface area contributed by atoms with Gasteiger partial charge in [-0.2, -0.15) is 0 Å². The molecule has 0 radical (unpaired) electrons. The summed E-state index contributed by atoms with van der Waals surface area (Å²) in [6.45, 7) is 0. The highest BCUT2D eigenvalue weighted by Crippen LogP contribution is 2.23. The Morgan fingerprint density at radius 1 is 1.25 bits per heavy atom. The average molecular weight is 295 g/mol. The van der Waals surface area contributed by atoms with E-state index in [1.165, 1.54) is 30.3 Å². The van der Waals surface area contributed by atoms with E-state index in [-0.39, 0.29) is 22.0 Å². The Labute approximate surface area is 118 Å². The van der Waals surface area contributed by atoms with Gasteiger partial charge in [-0.25, -0.2) is 4.39 Å². The van der Waals surface area contributed by atoms with Crippen molar-refractivity contribution in [2.24, 2.45) is 0 Å². The number of nitro benzene ring substituents is 1. The van der Waals surface area contributed by atoms with Gasteiger partial charge in [0.15, 0.2) is 0 Å². The number of para-hydroxylation sites is 1. The molecule has 5 nitrogen and oxygen atoms in total. The van der Waals surface area contributed by atoms with Gasteiger partial charge in [0.1, 0.15) is 5.82 Å². The van der Waals surface area contributed by atoms with E-state index in [9.17, 15) is 19.3 Å². The first-order valence-electron chi connectivity index (χ1n) is 5.49. The van der Waals surface area contributed by atoms with Crippen LogP contribution in [0.15, 0.2) is 42.5 Å². The van der Waals surface area contributed by atoms with Crippen molar-refractivity contribution in [1.82, 2.24) is 0 Å². The maximum absolute atomic E-state index is 13.4. The molecular formula is C13H8ClFN2O3. The lowest BCUT2D eigenvalue weighted by atomic mass is 10.2. The van der Waals surface area contributed by atoms with E-state index in [0.29, 0.717) is 0 Å². The number of rotatable bonds is 3. The molecule has 0 heterocycles. The van der Waals surface area contributed by atoms with Crippen LogP contribution >= 0.6 is 11.6 Å². The van der Waals surface area contributed by atoms with Gasteiger partial charge < -0.3 is 5.32 Å². The van der Waals surface area contributed by atoms with Crippen LogP contribution in [0.2, 0.25) is 5.02 Å². The second kappa shape index (κ2) is 5.66. The number of nitrogens with one attached hydrogen (secondary N) is 1. The fraction of sp³-hybridized carbons (Fsp3) is 0. The summed E-state index contributed by atoms with van der Waals surface area (Å²) >= 11 is 5.82.